The van der Waals surface area contributed by atoms with E-state index in [1.54, 1.807) is 0 Å². The van der Waals surface area contributed by atoms with Gasteiger partial charge in [-0.05, 0) is 39.4 Å². The summed E-state index contributed by atoms with van der Waals surface area (Å²) in [6.45, 7) is 12.8. The van der Waals surface area contributed by atoms with Crippen LogP contribution in [-0.2, 0) is 0 Å². The van der Waals surface area contributed by atoms with E-state index < -0.39 is 0 Å². The standard InChI is InChI=1S/C14H28N4/c1-5-9-17-12-14(8-7-11-16(3)4)13-18(15-17)10-6-2/h5-6,14-15H,1-2,7-13H2,3-4H3. The number of hydrogen-bond acceptors (Lipinski definition) is 4. The summed E-state index contributed by atoms with van der Waals surface area (Å²) >= 11 is 0. The van der Waals surface area contributed by atoms with Crippen molar-refractivity contribution in [1.82, 2.24) is 20.5 Å². The van der Waals surface area contributed by atoms with Gasteiger partial charge in [0.1, 0.15) is 0 Å². The van der Waals surface area contributed by atoms with Crippen LogP contribution in [0.2, 0.25) is 0 Å². The third-order valence-corrected chi connectivity index (χ3v) is 3.16. The largest absolute Gasteiger partial charge is 0.309 e. The summed E-state index contributed by atoms with van der Waals surface area (Å²) < 4.78 is 0. The molecule has 0 saturated carbocycles. The number of hydrogen-bond donors (Lipinski definition) is 1. The van der Waals surface area contributed by atoms with Crippen molar-refractivity contribution in [2.24, 2.45) is 5.92 Å². The van der Waals surface area contributed by atoms with Crippen molar-refractivity contribution in [2.45, 2.75) is 12.8 Å². The molecule has 0 atom stereocenters. The van der Waals surface area contributed by atoms with E-state index in [0.717, 1.165) is 32.1 Å². The summed E-state index contributed by atoms with van der Waals surface area (Å²) in [7, 11) is 4.27. The summed E-state index contributed by atoms with van der Waals surface area (Å²) in [6.07, 6.45) is 6.44. The molecule has 0 spiro atoms. The summed E-state index contributed by atoms with van der Waals surface area (Å²) in [5.74, 6) is 0.728. The molecule has 1 N–H and O–H groups in total. The van der Waals surface area contributed by atoms with Gasteiger partial charge in [0.05, 0.1) is 0 Å². The lowest BCUT2D eigenvalue weighted by Gasteiger charge is -2.40. The second-order valence-corrected chi connectivity index (χ2v) is 5.30. The molecule has 0 aromatic heterocycles. The van der Waals surface area contributed by atoms with Crippen molar-refractivity contribution < 1.29 is 0 Å². The van der Waals surface area contributed by atoms with Crippen LogP contribution >= 0.6 is 0 Å². The van der Waals surface area contributed by atoms with E-state index in [-0.39, 0.29) is 0 Å². The maximum atomic E-state index is 3.81. The van der Waals surface area contributed by atoms with E-state index in [1.165, 1.54) is 19.4 Å². The Hall–Kier alpha value is -0.680. The molecule has 0 radical (unpaired) electrons. The normalized spacial score (nSPS) is 19.3. The highest BCUT2D eigenvalue weighted by atomic mass is 15.8. The molecular weight excluding hydrogens is 224 g/mol. The molecule has 1 heterocycles. The van der Waals surface area contributed by atoms with Crippen LogP contribution in [0, 0.1) is 5.92 Å². The Morgan fingerprint density at radius 3 is 2.17 bits per heavy atom. The highest BCUT2D eigenvalue weighted by Crippen LogP contribution is 2.14. The molecule has 1 aliphatic heterocycles. The smallest absolute Gasteiger partial charge is 0.0322 e. The molecular formula is C14H28N4. The number of hydrazine groups is 2. The molecule has 4 heteroatoms. The lowest BCUT2D eigenvalue weighted by Crippen LogP contribution is -2.58. The average molecular weight is 252 g/mol. The quantitative estimate of drug-likeness (QED) is 0.658. The first-order chi connectivity index (χ1) is 8.65. The zero-order valence-electron chi connectivity index (χ0n) is 11.9. The van der Waals surface area contributed by atoms with Gasteiger partial charge in [0.15, 0.2) is 0 Å². The van der Waals surface area contributed by atoms with Crippen LogP contribution < -0.4 is 5.53 Å². The van der Waals surface area contributed by atoms with Crippen molar-refractivity contribution in [2.75, 3.05) is 46.8 Å². The van der Waals surface area contributed by atoms with E-state index in [2.05, 4.69) is 47.7 Å². The minimum atomic E-state index is 0.728. The average Bonchev–Trinajstić information content (AvgIpc) is 2.29. The molecule has 1 rings (SSSR count). The monoisotopic (exact) mass is 252 g/mol. The van der Waals surface area contributed by atoms with Crippen LogP contribution in [0.25, 0.3) is 0 Å². The molecule has 4 nitrogen and oxygen atoms in total. The fourth-order valence-electron chi connectivity index (χ4n) is 2.38. The Kier molecular flexibility index (Phi) is 7.20. The van der Waals surface area contributed by atoms with E-state index in [1.807, 2.05) is 12.2 Å². The maximum Gasteiger partial charge on any atom is 0.0322 e. The maximum absolute atomic E-state index is 3.81. The summed E-state index contributed by atoms with van der Waals surface area (Å²) in [6, 6.07) is 0. The first kappa shape index (κ1) is 15.4. The third-order valence-electron chi connectivity index (χ3n) is 3.16. The molecule has 0 aromatic carbocycles. The Morgan fingerprint density at radius 1 is 1.17 bits per heavy atom. The van der Waals surface area contributed by atoms with Crippen molar-refractivity contribution in [3.63, 3.8) is 0 Å². The second-order valence-electron chi connectivity index (χ2n) is 5.30. The van der Waals surface area contributed by atoms with Gasteiger partial charge in [-0.25, -0.2) is 10.0 Å². The Morgan fingerprint density at radius 2 is 1.72 bits per heavy atom. The Balaban J connectivity index is 2.39. The molecule has 1 fully saturated rings. The predicted molar refractivity (Wildman–Crippen MR) is 78.0 cm³/mol. The zero-order chi connectivity index (χ0) is 13.4. The van der Waals surface area contributed by atoms with Crippen LogP contribution in [0.1, 0.15) is 12.8 Å². The molecule has 0 unspecified atom stereocenters. The van der Waals surface area contributed by atoms with E-state index in [0.29, 0.717) is 0 Å². The summed E-state index contributed by atoms with van der Waals surface area (Å²) in [5, 5.41) is 4.47. The highest BCUT2D eigenvalue weighted by Gasteiger charge is 2.23. The van der Waals surface area contributed by atoms with E-state index >= 15 is 0 Å². The van der Waals surface area contributed by atoms with Gasteiger partial charge in [-0.1, -0.05) is 12.2 Å². The predicted octanol–water partition coefficient (Wildman–Crippen LogP) is 1.35. The van der Waals surface area contributed by atoms with Crippen LogP contribution in [-0.4, -0.2) is 61.7 Å². The Labute approximate surface area is 112 Å². The van der Waals surface area contributed by atoms with Gasteiger partial charge in [-0.3, -0.25) is 0 Å². The highest BCUT2D eigenvalue weighted by molar-refractivity contribution is 4.80. The molecule has 1 aliphatic rings. The number of nitrogens with one attached hydrogen (secondary N) is 1. The van der Waals surface area contributed by atoms with E-state index in [9.17, 15) is 0 Å². The van der Waals surface area contributed by atoms with Crippen LogP contribution in [0.5, 0.6) is 0 Å². The minimum absolute atomic E-state index is 0.728. The fraction of sp³-hybridized carbons (Fsp3) is 0.714. The van der Waals surface area contributed by atoms with Gasteiger partial charge in [0, 0.05) is 26.2 Å². The van der Waals surface area contributed by atoms with Crippen molar-refractivity contribution in [3.05, 3.63) is 25.3 Å². The SMILES string of the molecule is C=CCN1CC(CCCN(C)C)CN(CC=C)N1. The Bertz CT molecular complexity index is 234. The molecule has 104 valence electrons. The van der Waals surface area contributed by atoms with Crippen LogP contribution in [0.4, 0.5) is 0 Å². The molecule has 1 saturated heterocycles. The minimum Gasteiger partial charge on any atom is -0.309 e. The molecule has 18 heavy (non-hydrogen) atoms. The molecule has 0 bridgehead atoms. The van der Waals surface area contributed by atoms with Crippen molar-refractivity contribution in [3.8, 4) is 0 Å². The number of rotatable bonds is 8. The molecule has 0 amide bonds. The third kappa shape index (κ3) is 5.78. The van der Waals surface area contributed by atoms with Gasteiger partial charge in [0.25, 0.3) is 0 Å². The number of nitrogens with zero attached hydrogens (tertiary/aromatic N) is 3. The summed E-state index contributed by atoms with van der Waals surface area (Å²) in [4.78, 5) is 2.25. The van der Waals surface area contributed by atoms with Crippen molar-refractivity contribution in [1.29, 1.82) is 0 Å². The van der Waals surface area contributed by atoms with E-state index in [4.69, 9.17) is 0 Å². The second kappa shape index (κ2) is 8.43. The van der Waals surface area contributed by atoms with Gasteiger partial charge in [-0.2, -0.15) is 5.53 Å². The lowest BCUT2D eigenvalue weighted by molar-refractivity contribution is -0.0316. The first-order valence-electron chi connectivity index (χ1n) is 6.78. The first-order valence-corrected chi connectivity index (χ1v) is 6.78. The fourth-order valence-corrected chi connectivity index (χ4v) is 2.38. The molecule has 0 aromatic rings. The molecule has 0 aliphatic carbocycles. The zero-order valence-corrected chi connectivity index (χ0v) is 11.9. The lowest BCUT2D eigenvalue weighted by atomic mass is 10.0. The van der Waals surface area contributed by atoms with Gasteiger partial charge in [-0.15, -0.1) is 13.2 Å². The topological polar surface area (TPSA) is 21.8 Å². The van der Waals surface area contributed by atoms with Gasteiger partial charge in [0.2, 0.25) is 0 Å². The van der Waals surface area contributed by atoms with Gasteiger partial charge < -0.3 is 4.90 Å². The van der Waals surface area contributed by atoms with Crippen molar-refractivity contribution >= 4 is 0 Å². The van der Waals surface area contributed by atoms with Gasteiger partial charge >= 0.3 is 0 Å². The summed E-state index contributed by atoms with van der Waals surface area (Å²) in [5.41, 5.74) is 3.40. The van der Waals surface area contributed by atoms with Crippen LogP contribution in [0.3, 0.4) is 0 Å². The van der Waals surface area contributed by atoms with Crippen LogP contribution in [0.15, 0.2) is 25.3 Å².